The van der Waals surface area contributed by atoms with Gasteiger partial charge < -0.3 is 15.6 Å². The molecule has 1 fully saturated rings. The highest BCUT2D eigenvalue weighted by molar-refractivity contribution is 5.87. The van der Waals surface area contributed by atoms with Crippen molar-refractivity contribution in [3.05, 3.63) is 18.6 Å². The lowest BCUT2D eigenvalue weighted by molar-refractivity contribution is 0.751. The Labute approximate surface area is 87.3 Å². The van der Waals surface area contributed by atoms with Gasteiger partial charge in [0, 0.05) is 25.3 Å². The molecule has 1 atom stereocenters. The first kappa shape index (κ1) is 8.67. The fourth-order valence-corrected chi connectivity index (χ4v) is 2.09. The fourth-order valence-electron chi connectivity index (χ4n) is 2.09. The Morgan fingerprint density at radius 2 is 2.40 bits per heavy atom. The maximum atomic E-state index is 5.89. The zero-order chi connectivity index (χ0) is 10.3. The Kier molecular flexibility index (Phi) is 1.85. The molecule has 0 saturated carbocycles. The second kappa shape index (κ2) is 3.20. The molecule has 1 aliphatic rings. The zero-order valence-corrected chi connectivity index (χ0v) is 8.35. The van der Waals surface area contributed by atoms with Crippen molar-refractivity contribution in [2.75, 3.05) is 18.0 Å². The van der Waals surface area contributed by atoms with Gasteiger partial charge in [-0.1, -0.05) is 0 Å². The Hall–Kier alpha value is -1.62. The molecular weight excluding hydrogens is 190 g/mol. The van der Waals surface area contributed by atoms with Gasteiger partial charge in [0.1, 0.15) is 17.8 Å². The summed E-state index contributed by atoms with van der Waals surface area (Å²) in [6.07, 6.45) is 4.52. The maximum Gasteiger partial charge on any atom is 0.142 e. The number of H-pyrrole nitrogens is 1. The summed E-state index contributed by atoms with van der Waals surface area (Å²) >= 11 is 0. The fraction of sp³-hybridized carbons (Fsp3) is 0.400. The van der Waals surface area contributed by atoms with E-state index < -0.39 is 0 Å². The van der Waals surface area contributed by atoms with Crippen LogP contribution in [0, 0.1) is 0 Å². The van der Waals surface area contributed by atoms with Crippen LogP contribution in [0.5, 0.6) is 0 Å². The highest BCUT2D eigenvalue weighted by Gasteiger charge is 2.22. The molecule has 0 aromatic carbocycles. The van der Waals surface area contributed by atoms with Gasteiger partial charge in [-0.3, -0.25) is 0 Å². The lowest BCUT2D eigenvalue weighted by Crippen LogP contribution is -2.27. The van der Waals surface area contributed by atoms with Crippen LogP contribution in [0.25, 0.3) is 11.0 Å². The van der Waals surface area contributed by atoms with Crippen LogP contribution in [0.2, 0.25) is 0 Å². The van der Waals surface area contributed by atoms with Gasteiger partial charge in [-0.25, -0.2) is 9.97 Å². The van der Waals surface area contributed by atoms with E-state index in [1.54, 1.807) is 6.33 Å². The quantitative estimate of drug-likeness (QED) is 0.707. The number of aromatic amines is 1. The Balaban J connectivity index is 2.06. The van der Waals surface area contributed by atoms with E-state index in [9.17, 15) is 0 Å². The summed E-state index contributed by atoms with van der Waals surface area (Å²) in [7, 11) is 0. The molecule has 0 bridgehead atoms. The number of hydrogen-bond acceptors (Lipinski definition) is 4. The summed E-state index contributed by atoms with van der Waals surface area (Å²) < 4.78 is 0. The van der Waals surface area contributed by atoms with Crippen molar-refractivity contribution in [2.45, 2.75) is 12.5 Å². The SMILES string of the molecule is N[C@@H]1CCN(c2ncnc3[nH]ccc23)C1. The molecule has 0 aliphatic carbocycles. The van der Waals surface area contributed by atoms with Gasteiger partial charge in [-0.15, -0.1) is 0 Å². The first-order valence-corrected chi connectivity index (χ1v) is 5.13. The van der Waals surface area contributed by atoms with Crippen LogP contribution in [0.3, 0.4) is 0 Å². The van der Waals surface area contributed by atoms with E-state index in [-0.39, 0.29) is 6.04 Å². The number of nitrogens with one attached hydrogen (secondary N) is 1. The number of fused-ring (bicyclic) bond motifs is 1. The Bertz CT molecular complexity index is 477. The third kappa shape index (κ3) is 1.35. The second-order valence-corrected chi connectivity index (χ2v) is 3.93. The number of nitrogens with zero attached hydrogens (tertiary/aromatic N) is 3. The molecule has 1 aliphatic heterocycles. The van der Waals surface area contributed by atoms with Crippen molar-refractivity contribution in [2.24, 2.45) is 5.73 Å². The molecule has 0 amide bonds. The van der Waals surface area contributed by atoms with E-state index in [1.165, 1.54) is 0 Å². The van der Waals surface area contributed by atoms with Crippen molar-refractivity contribution in [3.8, 4) is 0 Å². The van der Waals surface area contributed by atoms with Crippen molar-refractivity contribution in [1.82, 2.24) is 15.0 Å². The molecule has 3 rings (SSSR count). The van der Waals surface area contributed by atoms with E-state index in [0.717, 1.165) is 36.4 Å². The van der Waals surface area contributed by atoms with E-state index in [1.807, 2.05) is 12.3 Å². The van der Waals surface area contributed by atoms with Gasteiger partial charge in [0.05, 0.1) is 5.39 Å². The molecule has 2 aromatic rings. The first-order chi connectivity index (χ1) is 7.34. The minimum atomic E-state index is 0.272. The topological polar surface area (TPSA) is 70.8 Å². The minimum Gasteiger partial charge on any atom is -0.354 e. The lowest BCUT2D eigenvalue weighted by atomic mass is 10.3. The van der Waals surface area contributed by atoms with E-state index >= 15 is 0 Å². The molecule has 15 heavy (non-hydrogen) atoms. The highest BCUT2D eigenvalue weighted by atomic mass is 15.2. The number of rotatable bonds is 1. The van der Waals surface area contributed by atoms with Crippen molar-refractivity contribution in [3.63, 3.8) is 0 Å². The number of hydrogen-bond donors (Lipinski definition) is 2. The van der Waals surface area contributed by atoms with Gasteiger partial charge in [-0.2, -0.15) is 0 Å². The predicted molar refractivity (Wildman–Crippen MR) is 58.7 cm³/mol. The molecule has 78 valence electrons. The molecule has 0 spiro atoms. The molecule has 0 unspecified atom stereocenters. The van der Waals surface area contributed by atoms with E-state index in [0.29, 0.717) is 0 Å². The molecule has 2 aromatic heterocycles. The zero-order valence-electron chi connectivity index (χ0n) is 8.35. The summed E-state index contributed by atoms with van der Waals surface area (Å²) in [4.78, 5) is 13.8. The lowest BCUT2D eigenvalue weighted by Gasteiger charge is -2.16. The van der Waals surface area contributed by atoms with Crippen molar-refractivity contribution < 1.29 is 0 Å². The average Bonchev–Trinajstić information content (AvgIpc) is 2.84. The molecule has 3 heterocycles. The Morgan fingerprint density at radius 3 is 3.20 bits per heavy atom. The molecule has 3 N–H and O–H groups in total. The second-order valence-electron chi connectivity index (χ2n) is 3.93. The van der Waals surface area contributed by atoms with Crippen LogP contribution < -0.4 is 10.6 Å². The van der Waals surface area contributed by atoms with Gasteiger partial charge in [-0.05, 0) is 12.5 Å². The van der Waals surface area contributed by atoms with Gasteiger partial charge in [0.2, 0.25) is 0 Å². The predicted octanol–water partition coefficient (Wildman–Crippen LogP) is 0.495. The first-order valence-electron chi connectivity index (χ1n) is 5.13. The average molecular weight is 203 g/mol. The van der Waals surface area contributed by atoms with E-state index in [4.69, 9.17) is 5.73 Å². The standard InChI is InChI=1S/C10H13N5/c11-7-2-4-15(5-7)10-8-1-3-12-9(8)13-6-14-10/h1,3,6-7H,2,4-5,11H2,(H,12,13,14)/t7-/m1/s1. The summed E-state index contributed by atoms with van der Waals surface area (Å²) in [6, 6.07) is 2.28. The monoisotopic (exact) mass is 203 g/mol. The molecule has 5 heteroatoms. The number of anilines is 1. The van der Waals surface area contributed by atoms with Crippen LogP contribution in [0.15, 0.2) is 18.6 Å². The third-order valence-corrected chi connectivity index (χ3v) is 2.86. The largest absolute Gasteiger partial charge is 0.354 e. The third-order valence-electron chi connectivity index (χ3n) is 2.86. The van der Waals surface area contributed by atoms with Crippen LogP contribution in [-0.4, -0.2) is 34.1 Å². The van der Waals surface area contributed by atoms with Crippen LogP contribution in [0.1, 0.15) is 6.42 Å². The van der Waals surface area contributed by atoms with Crippen LogP contribution >= 0.6 is 0 Å². The Morgan fingerprint density at radius 1 is 1.47 bits per heavy atom. The van der Waals surface area contributed by atoms with Gasteiger partial charge in [0.15, 0.2) is 0 Å². The van der Waals surface area contributed by atoms with Gasteiger partial charge in [0.25, 0.3) is 0 Å². The summed E-state index contributed by atoms with van der Waals surface area (Å²) in [6.45, 7) is 1.87. The van der Waals surface area contributed by atoms with Crippen LogP contribution in [0.4, 0.5) is 5.82 Å². The summed E-state index contributed by atoms with van der Waals surface area (Å²) in [5, 5.41) is 1.08. The van der Waals surface area contributed by atoms with Crippen molar-refractivity contribution >= 4 is 16.9 Å². The maximum absolute atomic E-state index is 5.89. The molecule has 0 radical (unpaired) electrons. The molecule has 1 saturated heterocycles. The normalized spacial score (nSPS) is 21.4. The van der Waals surface area contributed by atoms with Gasteiger partial charge >= 0.3 is 0 Å². The van der Waals surface area contributed by atoms with Crippen LogP contribution in [-0.2, 0) is 0 Å². The number of aromatic nitrogens is 3. The molecule has 5 nitrogen and oxygen atoms in total. The number of nitrogens with two attached hydrogens (primary N) is 1. The minimum absolute atomic E-state index is 0.272. The summed E-state index contributed by atoms with van der Waals surface area (Å²) in [5.74, 6) is 0.995. The van der Waals surface area contributed by atoms with E-state index in [2.05, 4.69) is 19.9 Å². The molecular formula is C10H13N5. The highest BCUT2D eigenvalue weighted by Crippen LogP contribution is 2.24. The van der Waals surface area contributed by atoms with Crippen molar-refractivity contribution in [1.29, 1.82) is 0 Å². The summed E-state index contributed by atoms with van der Waals surface area (Å²) in [5.41, 5.74) is 6.78. The smallest absolute Gasteiger partial charge is 0.142 e.